The smallest absolute Gasteiger partial charge is 0.340 e. The van der Waals surface area contributed by atoms with E-state index in [-0.39, 0.29) is 11.8 Å². The van der Waals surface area contributed by atoms with Crippen LogP contribution in [-0.4, -0.2) is 38.7 Å². The molecule has 0 unspecified atom stereocenters. The van der Waals surface area contributed by atoms with Crippen molar-refractivity contribution in [1.29, 1.82) is 0 Å². The maximum Gasteiger partial charge on any atom is 0.340 e. The average Bonchev–Trinajstić information content (AvgIpc) is 2.50. The lowest BCUT2D eigenvalue weighted by atomic mass is 10.2. The topological polar surface area (TPSA) is 56.5 Å². The second kappa shape index (κ2) is 8.07. The van der Waals surface area contributed by atoms with E-state index in [2.05, 4.69) is 5.32 Å². The molecule has 0 aliphatic heterocycles. The van der Waals surface area contributed by atoms with Crippen molar-refractivity contribution in [2.45, 2.75) is 31.7 Å². The number of ether oxygens (including phenoxy) is 2. The van der Waals surface area contributed by atoms with Crippen molar-refractivity contribution in [3.05, 3.63) is 18.2 Å². The molecule has 0 aliphatic rings. The van der Waals surface area contributed by atoms with Gasteiger partial charge in [0, 0.05) is 18.7 Å². The second-order valence-corrected chi connectivity index (χ2v) is 4.76. The molecule has 0 amide bonds. The van der Waals surface area contributed by atoms with Gasteiger partial charge < -0.3 is 20.5 Å². The number of hydrogen-bond acceptors (Lipinski definition) is 4. The summed E-state index contributed by atoms with van der Waals surface area (Å²) in [7, 11) is 1.40. The minimum absolute atomic E-state index is 0.0162. The number of hydrogen-bond donors (Lipinski definition) is 2. The Hall–Kier alpha value is -1.70. The minimum Gasteiger partial charge on any atom is -0.494 e. The van der Waals surface area contributed by atoms with E-state index in [0.29, 0.717) is 18.0 Å². The Bertz CT molecular complexity index is 472. The molecular formula is C14H20F4N2O2. The van der Waals surface area contributed by atoms with Crippen LogP contribution < -0.4 is 20.5 Å². The van der Waals surface area contributed by atoms with Crippen molar-refractivity contribution < 1.29 is 27.0 Å². The molecule has 0 saturated heterocycles. The lowest BCUT2D eigenvalue weighted by Gasteiger charge is -2.18. The highest BCUT2D eigenvalue weighted by atomic mass is 19.3. The normalized spacial score (nSPS) is 13.1. The van der Waals surface area contributed by atoms with Gasteiger partial charge in [-0.2, -0.15) is 8.78 Å². The lowest BCUT2D eigenvalue weighted by Crippen LogP contribution is -2.33. The van der Waals surface area contributed by atoms with Gasteiger partial charge in [0.05, 0.1) is 12.8 Å². The number of methoxy groups -OCH3 is 1. The molecular weight excluding hydrogens is 304 g/mol. The van der Waals surface area contributed by atoms with Crippen LogP contribution in [-0.2, 0) is 0 Å². The highest BCUT2D eigenvalue weighted by Crippen LogP contribution is 2.31. The van der Waals surface area contributed by atoms with E-state index in [9.17, 15) is 17.6 Å². The van der Waals surface area contributed by atoms with E-state index in [1.54, 1.807) is 6.07 Å². The fraction of sp³-hybridized carbons (Fsp3) is 0.571. The molecule has 0 aromatic heterocycles. The fourth-order valence-corrected chi connectivity index (χ4v) is 1.54. The molecule has 0 spiro atoms. The first kappa shape index (κ1) is 18.3. The van der Waals surface area contributed by atoms with Crippen LogP contribution in [0.3, 0.4) is 0 Å². The van der Waals surface area contributed by atoms with Crippen molar-refractivity contribution in [3.63, 3.8) is 0 Å². The van der Waals surface area contributed by atoms with Gasteiger partial charge in [-0.3, -0.25) is 0 Å². The van der Waals surface area contributed by atoms with E-state index in [4.69, 9.17) is 15.2 Å². The molecule has 0 saturated carbocycles. The van der Waals surface area contributed by atoms with Gasteiger partial charge in [-0.15, -0.1) is 0 Å². The summed E-state index contributed by atoms with van der Waals surface area (Å²) in [4.78, 5) is 0. The Morgan fingerprint density at radius 3 is 2.55 bits per heavy atom. The quantitative estimate of drug-likeness (QED) is 0.685. The van der Waals surface area contributed by atoms with E-state index in [0.717, 1.165) is 6.42 Å². The summed E-state index contributed by atoms with van der Waals surface area (Å²) in [5.74, 6) is -3.83. The van der Waals surface area contributed by atoms with E-state index < -0.39 is 19.0 Å². The molecule has 8 heteroatoms. The molecule has 4 nitrogen and oxygen atoms in total. The molecule has 0 fully saturated rings. The summed E-state index contributed by atoms with van der Waals surface area (Å²) in [6.45, 7) is 1.06. The lowest BCUT2D eigenvalue weighted by molar-refractivity contribution is -0.148. The highest BCUT2D eigenvalue weighted by Gasteiger charge is 2.41. The molecule has 0 heterocycles. The van der Waals surface area contributed by atoms with Crippen molar-refractivity contribution >= 4 is 5.69 Å². The molecule has 0 bridgehead atoms. The van der Waals surface area contributed by atoms with Crippen molar-refractivity contribution in [1.82, 2.24) is 0 Å². The van der Waals surface area contributed by atoms with Crippen molar-refractivity contribution in [2.24, 2.45) is 5.73 Å². The summed E-state index contributed by atoms with van der Waals surface area (Å²) < 4.78 is 59.6. The first-order valence-corrected chi connectivity index (χ1v) is 6.76. The SMILES string of the molecule is CC[C@H](N)CNc1ccc(OCC(F)(F)C(F)F)cc1OC. The Morgan fingerprint density at radius 1 is 1.32 bits per heavy atom. The minimum atomic E-state index is -4.20. The van der Waals surface area contributed by atoms with Crippen LogP contribution in [0.2, 0.25) is 0 Å². The number of halogens is 4. The molecule has 22 heavy (non-hydrogen) atoms. The number of rotatable bonds is 9. The highest BCUT2D eigenvalue weighted by molar-refractivity contribution is 5.59. The van der Waals surface area contributed by atoms with Crippen molar-refractivity contribution in [3.8, 4) is 11.5 Å². The van der Waals surface area contributed by atoms with Crippen LogP contribution in [0.1, 0.15) is 13.3 Å². The molecule has 3 N–H and O–H groups in total. The van der Waals surface area contributed by atoms with Gasteiger partial charge in [-0.05, 0) is 18.6 Å². The Labute approximate surface area is 126 Å². The van der Waals surface area contributed by atoms with Gasteiger partial charge in [0.2, 0.25) is 0 Å². The van der Waals surface area contributed by atoms with Crippen LogP contribution in [0.5, 0.6) is 11.5 Å². The third kappa shape index (κ3) is 5.25. The van der Waals surface area contributed by atoms with Crippen LogP contribution in [0.15, 0.2) is 18.2 Å². The number of nitrogens with two attached hydrogens (primary N) is 1. The predicted molar refractivity (Wildman–Crippen MR) is 76.2 cm³/mol. The third-order valence-corrected chi connectivity index (χ3v) is 3.00. The molecule has 126 valence electrons. The summed E-state index contributed by atoms with van der Waals surface area (Å²) in [6.07, 6.45) is -2.98. The molecule has 1 rings (SSSR count). The van der Waals surface area contributed by atoms with E-state index in [1.807, 2.05) is 6.92 Å². The maximum atomic E-state index is 12.8. The molecule has 1 aromatic rings. The standard InChI is InChI=1S/C14H20F4N2O2/c1-3-9(19)7-20-11-5-4-10(6-12(11)21-2)22-8-14(17,18)13(15)16/h4-6,9,13,20H,3,7-8,19H2,1-2H3/t9-/m0/s1. The number of alkyl halides is 4. The Balaban J connectivity index is 2.72. The van der Waals surface area contributed by atoms with Gasteiger partial charge in [0.15, 0.2) is 6.61 Å². The Morgan fingerprint density at radius 2 is 2.00 bits per heavy atom. The molecule has 0 radical (unpaired) electrons. The average molecular weight is 324 g/mol. The zero-order valence-corrected chi connectivity index (χ0v) is 12.4. The summed E-state index contributed by atoms with van der Waals surface area (Å²) in [5.41, 5.74) is 6.39. The van der Waals surface area contributed by atoms with Crippen LogP contribution >= 0.6 is 0 Å². The summed E-state index contributed by atoms with van der Waals surface area (Å²) in [6, 6.07) is 4.26. The molecule has 0 aliphatic carbocycles. The van der Waals surface area contributed by atoms with Gasteiger partial charge in [-0.1, -0.05) is 6.92 Å². The zero-order valence-electron chi connectivity index (χ0n) is 12.4. The van der Waals surface area contributed by atoms with Crippen molar-refractivity contribution in [2.75, 3.05) is 25.6 Å². The number of anilines is 1. The predicted octanol–water partition coefficient (Wildman–Crippen LogP) is 3.12. The number of benzene rings is 1. The van der Waals surface area contributed by atoms with Crippen LogP contribution in [0, 0.1) is 0 Å². The van der Waals surface area contributed by atoms with E-state index >= 15 is 0 Å². The number of nitrogens with one attached hydrogen (secondary N) is 1. The van der Waals surface area contributed by atoms with Gasteiger partial charge in [-0.25, -0.2) is 8.78 Å². The van der Waals surface area contributed by atoms with Crippen LogP contribution in [0.4, 0.5) is 23.2 Å². The molecule has 1 aromatic carbocycles. The monoisotopic (exact) mass is 324 g/mol. The summed E-state index contributed by atoms with van der Waals surface area (Å²) >= 11 is 0. The van der Waals surface area contributed by atoms with Crippen LogP contribution in [0.25, 0.3) is 0 Å². The Kier molecular flexibility index (Phi) is 6.73. The zero-order chi connectivity index (χ0) is 16.8. The fourth-order valence-electron chi connectivity index (χ4n) is 1.54. The first-order valence-electron chi connectivity index (χ1n) is 6.76. The molecule has 1 atom stereocenters. The maximum absolute atomic E-state index is 12.8. The summed E-state index contributed by atoms with van der Waals surface area (Å²) in [5, 5.41) is 3.06. The van der Waals surface area contributed by atoms with E-state index in [1.165, 1.54) is 19.2 Å². The van der Waals surface area contributed by atoms with Gasteiger partial charge in [0.1, 0.15) is 11.5 Å². The second-order valence-electron chi connectivity index (χ2n) is 4.76. The third-order valence-electron chi connectivity index (χ3n) is 3.00. The van der Waals surface area contributed by atoms with Gasteiger partial charge in [0.25, 0.3) is 0 Å². The first-order chi connectivity index (χ1) is 10.3. The largest absolute Gasteiger partial charge is 0.494 e. The van der Waals surface area contributed by atoms with Gasteiger partial charge >= 0.3 is 12.3 Å².